The molecule has 3 atom stereocenters. The second kappa shape index (κ2) is 16.9. The minimum Gasteiger partial charge on any atom is -0.493 e. The molecule has 0 aliphatic carbocycles. The Morgan fingerprint density at radius 3 is 2.35 bits per heavy atom. The van der Waals surface area contributed by atoms with E-state index in [1.165, 1.54) is 13.0 Å². The number of morpholine rings is 1. The first-order valence-corrected chi connectivity index (χ1v) is 15.7. The Morgan fingerprint density at radius 2 is 1.77 bits per heavy atom. The number of carbonyl (C=O) groups excluding carboxylic acids is 4. The molecule has 1 aliphatic heterocycles. The number of aliphatic hydroxyl groups excluding tert-OH is 1. The topological polar surface area (TPSA) is 196 Å². The van der Waals surface area contributed by atoms with Crippen molar-refractivity contribution in [2.75, 3.05) is 39.5 Å². The van der Waals surface area contributed by atoms with Crippen LogP contribution < -0.4 is 26.4 Å². The zero-order valence-electron chi connectivity index (χ0n) is 28.2. The average Bonchev–Trinajstić information content (AvgIpc) is 3.02. The number of nitrogens with zero attached hydrogens (tertiary/aromatic N) is 2. The Hall–Kier alpha value is -4.77. The molecule has 1 heterocycles. The van der Waals surface area contributed by atoms with E-state index in [-0.39, 0.29) is 24.4 Å². The van der Waals surface area contributed by atoms with Gasteiger partial charge >= 0.3 is 0 Å². The molecule has 0 radical (unpaired) electrons. The molecule has 0 spiro atoms. The van der Waals surface area contributed by atoms with Crippen molar-refractivity contribution >= 4 is 29.7 Å². The zero-order chi connectivity index (χ0) is 35.5. The maximum atomic E-state index is 13.9. The van der Waals surface area contributed by atoms with Crippen molar-refractivity contribution in [3.05, 3.63) is 70.8 Å². The fraction of sp³-hybridized carbons (Fsp3) is 0.457. The molecule has 13 heteroatoms. The average molecular weight is 663 g/mol. The molecular weight excluding hydrogens is 616 g/mol. The molecule has 1 fully saturated rings. The number of aryl methyl sites for hydroxylation is 1. The summed E-state index contributed by atoms with van der Waals surface area (Å²) < 4.78 is 11.4. The first-order valence-electron chi connectivity index (χ1n) is 15.7. The van der Waals surface area contributed by atoms with E-state index in [1.54, 1.807) is 45.0 Å². The quantitative estimate of drug-likeness (QED) is 0.146. The predicted molar refractivity (Wildman–Crippen MR) is 179 cm³/mol. The highest BCUT2D eigenvalue weighted by atomic mass is 16.5. The first-order chi connectivity index (χ1) is 22.6. The van der Waals surface area contributed by atoms with Crippen LogP contribution in [0.3, 0.4) is 0 Å². The molecule has 0 saturated carbocycles. The number of benzene rings is 2. The summed E-state index contributed by atoms with van der Waals surface area (Å²) in [7, 11) is 0. The van der Waals surface area contributed by atoms with Crippen LogP contribution in [-0.2, 0) is 30.5 Å². The van der Waals surface area contributed by atoms with Gasteiger partial charge in [0.2, 0.25) is 17.7 Å². The number of nitrogens with two attached hydrogens (primary N) is 1. The Kier molecular flexibility index (Phi) is 13.2. The van der Waals surface area contributed by atoms with Gasteiger partial charge in [-0.05, 0) is 64.0 Å². The number of aliphatic hydroxyl groups is 1. The van der Waals surface area contributed by atoms with Crippen LogP contribution >= 0.6 is 0 Å². The number of hydrogen-bond acceptors (Lipinski definition) is 9. The van der Waals surface area contributed by atoms with Crippen LogP contribution in [-0.4, -0.2) is 90.3 Å². The van der Waals surface area contributed by atoms with E-state index in [2.05, 4.69) is 16.0 Å². The third-order valence-electron chi connectivity index (χ3n) is 7.78. The number of amides is 4. The second-order valence-corrected chi connectivity index (χ2v) is 12.9. The summed E-state index contributed by atoms with van der Waals surface area (Å²) >= 11 is 0. The lowest BCUT2D eigenvalue weighted by atomic mass is 9.78. The first kappa shape index (κ1) is 37.7. The molecule has 2 aromatic carbocycles. The smallest absolute Gasteiger partial charge is 0.262 e. The molecule has 13 nitrogen and oxygen atoms in total. The zero-order valence-corrected chi connectivity index (χ0v) is 28.2. The molecule has 4 amide bonds. The fourth-order valence-corrected chi connectivity index (χ4v) is 5.18. The second-order valence-electron chi connectivity index (χ2n) is 12.9. The minimum absolute atomic E-state index is 0.0971. The molecule has 3 rings (SSSR count). The highest BCUT2D eigenvalue weighted by Gasteiger charge is 2.53. The summed E-state index contributed by atoms with van der Waals surface area (Å²) in [6.45, 7) is 9.97. The monoisotopic (exact) mass is 662 g/mol. The summed E-state index contributed by atoms with van der Waals surface area (Å²) in [5.41, 5.74) is 5.25. The molecule has 0 aromatic heterocycles. The maximum absolute atomic E-state index is 13.9. The number of nitriles is 1. The fourth-order valence-electron chi connectivity index (χ4n) is 5.18. The summed E-state index contributed by atoms with van der Waals surface area (Å²) in [6.07, 6.45) is -0.203. The van der Waals surface area contributed by atoms with Gasteiger partial charge in [0.25, 0.3) is 5.91 Å². The van der Waals surface area contributed by atoms with E-state index in [9.17, 15) is 29.5 Å². The molecule has 2 unspecified atom stereocenters. The van der Waals surface area contributed by atoms with Crippen molar-refractivity contribution in [3.8, 4) is 11.8 Å². The summed E-state index contributed by atoms with van der Waals surface area (Å²) in [5.74, 6) is -4.22. The number of nitrogens with one attached hydrogen (secondary N) is 3. The molecular formula is C35H46N6O7. The molecule has 6 N–H and O–H groups in total. The van der Waals surface area contributed by atoms with Crippen LogP contribution in [0.15, 0.2) is 54.1 Å². The number of rotatable bonds is 14. The third kappa shape index (κ3) is 10.6. The van der Waals surface area contributed by atoms with E-state index in [0.717, 1.165) is 11.1 Å². The largest absolute Gasteiger partial charge is 0.493 e. The molecule has 48 heavy (non-hydrogen) atoms. The Morgan fingerprint density at radius 1 is 1.10 bits per heavy atom. The van der Waals surface area contributed by atoms with Crippen molar-refractivity contribution in [2.24, 2.45) is 11.7 Å². The van der Waals surface area contributed by atoms with Crippen LogP contribution in [0.4, 0.5) is 0 Å². The number of hydrogen-bond donors (Lipinski definition) is 5. The number of primary amides is 1. The predicted octanol–water partition coefficient (Wildman–Crippen LogP) is 1.18. The van der Waals surface area contributed by atoms with Gasteiger partial charge in [0.1, 0.15) is 29.9 Å². The van der Waals surface area contributed by atoms with E-state index in [0.29, 0.717) is 31.9 Å². The molecule has 1 aliphatic rings. The van der Waals surface area contributed by atoms with Crippen molar-refractivity contribution in [1.82, 2.24) is 20.9 Å². The highest BCUT2D eigenvalue weighted by molar-refractivity contribution is 6.02. The normalized spacial score (nSPS) is 16.4. The summed E-state index contributed by atoms with van der Waals surface area (Å²) in [4.78, 5) is 54.9. The third-order valence-corrected chi connectivity index (χ3v) is 7.78. The van der Waals surface area contributed by atoms with Crippen molar-refractivity contribution in [1.29, 1.82) is 5.26 Å². The van der Waals surface area contributed by atoms with Gasteiger partial charge in [0, 0.05) is 25.2 Å². The standard InChI is InChI=1S/C35H46N6O7/c1-23-9-11-25(12-10-23)20-38-32(45)29(35(24(2)42,33(37)46)39-30(43)21-41-13-15-47-16-14-41)22-48-28-8-6-7-26(18-28)17-27(19-36)31(44)40-34(3,4)5/h6-12,17-18,24,29,42H,13-16,20-22H2,1-5H3,(H2,37,46)(H,38,45)(H,39,43)(H,40,44)/t24?,29-,35?/m0/s1. The van der Waals surface area contributed by atoms with E-state index in [4.69, 9.17) is 15.2 Å². The number of carbonyl (C=O) groups is 4. The van der Waals surface area contributed by atoms with Crippen LogP contribution in [0, 0.1) is 24.2 Å². The highest BCUT2D eigenvalue weighted by Crippen LogP contribution is 2.26. The minimum atomic E-state index is -2.25. The Bertz CT molecular complexity index is 1520. The van der Waals surface area contributed by atoms with Crippen molar-refractivity contribution < 1.29 is 33.8 Å². The van der Waals surface area contributed by atoms with Gasteiger partial charge in [0.05, 0.1) is 25.9 Å². The van der Waals surface area contributed by atoms with Crippen LogP contribution in [0.25, 0.3) is 6.08 Å². The SMILES string of the molecule is Cc1ccc(CNC(=O)[C@H](COc2cccc(C=C(C#N)C(=O)NC(C)(C)C)c2)C(NC(=O)CN2CCOCC2)(C(N)=O)C(C)O)cc1. The van der Waals surface area contributed by atoms with Gasteiger partial charge in [0.15, 0.2) is 5.54 Å². The van der Waals surface area contributed by atoms with Crippen LogP contribution in [0.1, 0.15) is 44.4 Å². The van der Waals surface area contributed by atoms with E-state index < -0.39 is 53.3 Å². The van der Waals surface area contributed by atoms with Crippen LogP contribution in [0.2, 0.25) is 0 Å². The molecule has 258 valence electrons. The Balaban J connectivity index is 1.93. The van der Waals surface area contributed by atoms with Gasteiger partial charge in [-0.3, -0.25) is 24.1 Å². The molecule has 2 aromatic rings. The Labute approximate surface area is 281 Å². The van der Waals surface area contributed by atoms with Crippen molar-refractivity contribution in [2.45, 2.75) is 58.3 Å². The molecule has 0 bridgehead atoms. The summed E-state index contributed by atoms with van der Waals surface area (Å²) in [6, 6.07) is 15.8. The lowest BCUT2D eigenvalue weighted by Gasteiger charge is -2.40. The van der Waals surface area contributed by atoms with Gasteiger partial charge in [-0.1, -0.05) is 42.0 Å². The van der Waals surface area contributed by atoms with Gasteiger partial charge in [-0.25, -0.2) is 0 Å². The van der Waals surface area contributed by atoms with E-state index in [1.807, 2.05) is 42.2 Å². The molecule has 1 saturated heterocycles. The summed E-state index contributed by atoms with van der Waals surface area (Å²) in [5, 5.41) is 28.8. The van der Waals surface area contributed by atoms with Gasteiger partial charge in [-0.15, -0.1) is 0 Å². The van der Waals surface area contributed by atoms with Gasteiger partial charge in [-0.2, -0.15) is 5.26 Å². The van der Waals surface area contributed by atoms with Gasteiger partial charge < -0.3 is 36.3 Å². The lowest BCUT2D eigenvalue weighted by molar-refractivity contribution is -0.148. The van der Waals surface area contributed by atoms with E-state index >= 15 is 0 Å². The number of ether oxygens (including phenoxy) is 2. The lowest BCUT2D eigenvalue weighted by Crippen LogP contribution is -2.72. The maximum Gasteiger partial charge on any atom is 0.262 e. The van der Waals surface area contributed by atoms with Crippen molar-refractivity contribution in [3.63, 3.8) is 0 Å². The van der Waals surface area contributed by atoms with Crippen LogP contribution in [0.5, 0.6) is 5.75 Å².